The van der Waals surface area contributed by atoms with Crippen molar-refractivity contribution in [3.8, 4) is 5.75 Å². The number of phenols is 1. The van der Waals surface area contributed by atoms with Crippen LogP contribution in [0.3, 0.4) is 0 Å². The van der Waals surface area contributed by atoms with Gasteiger partial charge in [0.15, 0.2) is 0 Å². The maximum absolute atomic E-state index is 8.81. The number of piperidine rings is 1. The maximum Gasteiger partial charge on any atom is 0.115 e. The lowest BCUT2D eigenvalue weighted by atomic mass is 10.2. The first kappa shape index (κ1) is 12.3. The van der Waals surface area contributed by atoms with Gasteiger partial charge < -0.3 is 10.4 Å². The molecule has 0 amide bonds. The predicted molar refractivity (Wildman–Crippen MR) is 64.4 cm³/mol. The van der Waals surface area contributed by atoms with Crippen molar-refractivity contribution < 1.29 is 5.11 Å². The first-order valence-corrected chi connectivity index (χ1v) is 5.91. The molecule has 0 aromatic heterocycles. The molecule has 0 unspecified atom stereocenters. The number of aromatic hydroxyl groups is 1. The molecular weight excluding hydrogens is 210 g/mol. The lowest BCUT2D eigenvalue weighted by molar-refractivity contribution is 0.475. The normalized spacial score (nSPS) is 15.3. The van der Waals surface area contributed by atoms with Crippen LogP contribution in [-0.4, -0.2) is 18.2 Å². The van der Waals surface area contributed by atoms with Crippen LogP contribution in [0.1, 0.15) is 24.8 Å². The molecular formula is C12H18ClNO. The van der Waals surface area contributed by atoms with Crippen molar-refractivity contribution in [2.45, 2.75) is 25.1 Å². The molecule has 2 rings (SSSR count). The molecule has 1 aromatic rings. The maximum atomic E-state index is 8.81. The van der Waals surface area contributed by atoms with Gasteiger partial charge in [0.05, 0.1) is 0 Å². The Morgan fingerprint density at radius 3 is 2.00 bits per heavy atom. The first-order valence-electron chi connectivity index (χ1n) is 5.37. The third-order valence-corrected chi connectivity index (χ3v) is 2.61. The lowest BCUT2D eigenvalue weighted by Gasteiger charge is -2.08. The molecule has 0 radical (unpaired) electrons. The topological polar surface area (TPSA) is 32.3 Å². The first-order chi connectivity index (χ1) is 7.33. The summed E-state index contributed by atoms with van der Waals surface area (Å²) in [4.78, 5) is 0. The number of rotatable bonds is 1. The zero-order chi connectivity index (χ0) is 10.9. The van der Waals surface area contributed by atoms with E-state index in [-0.39, 0.29) is 5.75 Å². The number of halogens is 1. The molecule has 0 spiro atoms. The molecule has 15 heavy (non-hydrogen) atoms. The molecule has 0 bridgehead atoms. The van der Waals surface area contributed by atoms with Crippen molar-refractivity contribution in [3.63, 3.8) is 0 Å². The minimum absolute atomic E-state index is 0.281. The Morgan fingerprint density at radius 1 is 1.07 bits per heavy atom. The van der Waals surface area contributed by atoms with Crippen molar-refractivity contribution in [2.75, 3.05) is 13.1 Å². The molecule has 84 valence electrons. The minimum Gasteiger partial charge on any atom is -0.508 e. The van der Waals surface area contributed by atoms with E-state index in [0.29, 0.717) is 5.88 Å². The van der Waals surface area contributed by atoms with Crippen LogP contribution in [0.4, 0.5) is 0 Å². The molecule has 2 nitrogen and oxygen atoms in total. The van der Waals surface area contributed by atoms with Crippen molar-refractivity contribution in [2.24, 2.45) is 0 Å². The largest absolute Gasteiger partial charge is 0.508 e. The highest BCUT2D eigenvalue weighted by atomic mass is 35.5. The fraction of sp³-hybridized carbons (Fsp3) is 0.500. The lowest BCUT2D eigenvalue weighted by Crippen LogP contribution is -2.21. The highest BCUT2D eigenvalue weighted by molar-refractivity contribution is 6.17. The Kier molecular flexibility index (Phi) is 6.21. The van der Waals surface area contributed by atoms with Crippen LogP contribution >= 0.6 is 11.6 Å². The highest BCUT2D eigenvalue weighted by Crippen LogP contribution is 2.10. The molecule has 1 aromatic carbocycles. The zero-order valence-corrected chi connectivity index (χ0v) is 9.63. The van der Waals surface area contributed by atoms with Crippen LogP contribution < -0.4 is 5.32 Å². The average molecular weight is 228 g/mol. The molecule has 0 aliphatic carbocycles. The van der Waals surface area contributed by atoms with Gasteiger partial charge in [-0.3, -0.25) is 0 Å². The van der Waals surface area contributed by atoms with E-state index in [9.17, 15) is 0 Å². The standard InChI is InChI=1S/C7H7ClO.C5H11N/c8-5-6-1-3-7(9)4-2-6;1-2-4-6-5-3-1/h1-4,9H,5H2;6H,1-5H2. The van der Waals surface area contributed by atoms with Gasteiger partial charge in [-0.15, -0.1) is 11.6 Å². The molecule has 0 saturated carbocycles. The summed E-state index contributed by atoms with van der Waals surface area (Å²) in [5, 5.41) is 12.1. The third-order valence-electron chi connectivity index (χ3n) is 2.30. The van der Waals surface area contributed by atoms with Gasteiger partial charge >= 0.3 is 0 Å². The zero-order valence-electron chi connectivity index (χ0n) is 8.88. The van der Waals surface area contributed by atoms with Gasteiger partial charge in [-0.25, -0.2) is 0 Å². The number of phenolic OH excluding ortho intramolecular Hbond substituents is 1. The van der Waals surface area contributed by atoms with Crippen LogP contribution in [0.5, 0.6) is 5.75 Å². The Morgan fingerprint density at radius 2 is 1.67 bits per heavy atom. The van der Waals surface area contributed by atoms with Gasteiger partial charge in [0.25, 0.3) is 0 Å². The second-order valence-electron chi connectivity index (χ2n) is 3.61. The Bertz CT molecular complexity index is 245. The van der Waals surface area contributed by atoms with Gasteiger partial charge in [-0.1, -0.05) is 18.6 Å². The smallest absolute Gasteiger partial charge is 0.115 e. The molecule has 1 heterocycles. The van der Waals surface area contributed by atoms with E-state index in [1.165, 1.54) is 32.4 Å². The number of hydrogen-bond acceptors (Lipinski definition) is 2. The predicted octanol–water partition coefficient (Wildman–Crippen LogP) is 2.89. The molecule has 1 saturated heterocycles. The van der Waals surface area contributed by atoms with E-state index in [2.05, 4.69) is 5.32 Å². The van der Waals surface area contributed by atoms with Crippen LogP contribution in [0.15, 0.2) is 24.3 Å². The third kappa shape index (κ3) is 5.65. The summed E-state index contributed by atoms with van der Waals surface area (Å²) < 4.78 is 0. The summed E-state index contributed by atoms with van der Waals surface area (Å²) in [6, 6.07) is 6.83. The van der Waals surface area contributed by atoms with Crippen LogP contribution in [0, 0.1) is 0 Å². The van der Waals surface area contributed by atoms with Crippen LogP contribution in [0.2, 0.25) is 0 Å². The quantitative estimate of drug-likeness (QED) is 0.724. The molecule has 1 aliphatic rings. The van der Waals surface area contributed by atoms with E-state index in [4.69, 9.17) is 16.7 Å². The van der Waals surface area contributed by atoms with Gasteiger partial charge in [0, 0.05) is 5.88 Å². The molecule has 1 aliphatic heterocycles. The monoisotopic (exact) mass is 227 g/mol. The summed E-state index contributed by atoms with van der Waals surface area (Å²) >= 11 is 5.50. The second-order valence-corrected chi connectivity index (χ2v) is 3.88. The SMILES string of the molecule is C1CCNCC1.Oc1ccc(CCl)cc1. The van der Waals surface area contributed by atoms with Crippen molar-refractivity contribution in [1.29, 1.82) is 0 Å². The van der Waals surface area contributed by atoms with Crippen molar-refractivity contribution in [3.05, 3.63) is 29.8 Å². The summed E-state index contributed by atoms with van der Waals surface area (Å²) in [6.45, 7) is 2.50. The number of nitrogens with one attached hydrogen (secondary N) is 1. The Labute approximate surface area is 96.3 Å². The fourth-order valence-corrected chi connectivity index (χ4v) is 1.56. The van der Waals surface area contributed by atoms with Gasteiger partial charge in [0.1, 0.15) is 5.75 Å². The van der Waals surface area contributed by atoms with Crippen LogP contribution in [0.25, 0.3) is 0 Å². The highest BCUT2D eigenvalue weighted by Gasteiger charge is 1.93. The summed E-state index contributed by atoms with van der Waals surface area (Å²) in [7, 11) is 0. The van der Waals surface area contributed by atoms with Gasteiger partial charge in [-0.05, 0) is 43.6 Å². The summed E-state index contributed by atoms with van der Waals surface area (Å²) in [6.07, 6.45) is 4.22. The molecule has 2 N–H and O–H groups in total. The van der Waals surface area contributed by atoms with E-state index >= 15 is 0 Å². The summed E-state index contributed by atoms with van der Waals surface area (Å²) in [5.41, 5.74) is 1.02. The van der Waals surface area contributed by atoms with E-state index in [1.54, 1.807) is 24.3 Å². The fourth-order valence-electron chi connectivity index (χ4n) is 1.39. The van der Waals surface area contributed by atoms with Crippen molar-refractivity contribution in [1.82, 2.24) is 5.32 Å². The van der Waals surface area contributed by atoms with Gasteiger partial charge in [-0.2, -0.15) is 0 Å². The molecule has 1 fully saturated rings. The average Bonchev–Trinajstić information content (AvgIpc) is 2.33. The van der Waals surface area contributed by atoms with E-state index in [0.717, 1.165) is 5.56 Å². The number of benzene rings is 1. The minimum atomic E-state index is 0.281. The van der Waals surface area contributed by atoms with Crippen molar-refractivity contribution >= 4 is 11.6 Å². The van der Waals surface area contributed by atoms with Gasteiger partial charge in [0.2, 0.25) is 0 Å². The number of alkyl halides is 1. The van der Waals surface area contributed by atoms with E-state index < -0.39 is 0 Å². The van der Waals surface area contributed by atoms with Crippen LogP contribution in [-0.2, 0) is 5.88 Å². The Balaban J connectivity index is 0.000000162. The molecule has 0 atom stereocenters. The molecule has 3 heteroatoms. The summed E-state index contributed by atoms with van der Waals surface area (Å²) in [5.74, 6) is 0.782. The Hall–Kier alpha value is -0.730. The van der Waals surface area contributed by atoms with E-state index in [1.807, 2.05) is 0 Å². The second kappa shape index (κ2) is 7.55. The number of hydrogen-bond donors (Lipinski definition) is 2.